The van der Waals surface area contributed by atoms with Gasteiger partial charge in [0.25, 0.3) is 0 Å². The summed E-state index contributed by atoms with van der Waals surface area (Å²) in [6, 6.07) is 0. The van der Waals surface area contributed by atoms with Crippen LogP contribution in [0.25, 0.3) is 0 Å². The van der Waals surface area contributed by atoms with Crippen LogP contribution in [-0.4, -0.2) is 35.7 Å². The topological polar surface area (TPSA) is 80.0 Å². The van der Waals surface area contributed by atoms with Crippen molar-refractivity contribution in [1.82, 2.24) is 20.8 Å². The number of nitrogens with zero attached hydrogens (tertiary/aromatic N) is 2. The predicted octanol–water partition coefficient (Wildman–Crippen LogP) is 0.848. The Bertz CT molecular complexity index is 344. The number of aryl methyl sites for hydroxylation is 2. The van der Waals surface area contributed by atoms with Gasteiger partial charge in [0, 0.05) is 25.9 Å². The molecule has 0 bridgehead atoms. The second-order valence-electron chi connectivity index (χ2n) is 3.84. The molecule has 6 nitrogen and oxygen atoms in total. The van der Waals surface area contributed by atoms with E-state index >= 15 is 0 Å². The highest BCUT2D eigenvalue weighted by atomic mass is 35.5. The van der Waals surface area contributed by atoms with E-state index in [0.717, 1.165) is 19.5 Å². The fourth-order valence-corrected chi connectivity index (χ4v) is 1.34. The third-order valence-corrected chi connectivity index (χ3v) is 2.19. The van der Waals surface area contributed by atoms with Gasteiger partial charge in [0.1, 0.15) is 0 Å². The van der Waals surface area contributed by atoms with E-state index in [1.165, 1.54) is 0 Å². The Hall–Kier alpha value is -1.14. The molecular formula is C11H21ClN4O2. The number of aromatic nitrogens is 2. The highest BCUT2D eigenvalue weighted by Gasteiger charge is 2.06. The highest BCUT2D eigenvalue weighted by molar-refractivity contribution is 5.85. The predicted molar refractivity (Wildman–Crippen MR) is 70.8 cm³/mol. The van der Waals surface area contributed by atoms with Crippen LogP contribution in [0.3, 0.4) is 0 Å². The maximum atomic E-state index is 11.4. The second kappa shape index (κ2) is 9.85. The molecule has 1 aromatic rings. The van der Waals surface area contributed by atoms with Crippen LogP contribution in [0.5, 0.6) is 0 Å². The van der Waals surface area contributed by atoms with E-state index in [1.54, 1.807) is 6.92 Å². The summed E-state index contributed by atoms with van der Waals surface area (Å²) in [5, 5.41) is 9.70. The zero-order chi connectivity index (χ0) is 12.5. The van der Waals surface area contributed by atoms with Crippen molar-refractivity contribution in [1.29, 1.82) is 0 Å². The molecule has 1 heterocycles. The van der Waals surface area contributed by atoms with Gasteiger partial charge >= 0.3 is 0 Å². The molecule has 0 unspecified atom stereocenters. The van der Waals surface area contributed by atoms with Gasteiger partial charge in [-0.3, -0.25) is 4.79 Å². The number of carbonyl (C=O) groups is 1. The molecule has 0 aliphatic carbocycles. The van der Waals surface area contributed by atoms with Crippen molar-refractivity contribution in [2.24, 2.45) is 0 Å². The Kier molecular flexibility index (Phi) is 9.22. The van der Waals surface area contributed by atoms with Crippen LogP contribution >= 0.6 is 12.4 Å². The van der Waals surface area contributed by atoms with Gasteiger partial charge in [-0.05, 0) is 19.9 Å². The molecular weight excluding hydrogens is 256 g/mol. The fraction of sp³-hybridized carbons (Fsp3) is 0.727. The van der Waals surface area contributed by atoms with Gasteiger partial charge in [-0.2, -0.15) is 4.98 Å². The Morgan fingerprint density at radius 2 is 2.11 bits per heavy atom. The van der Waals surface area contributed by atoms with Crippen molar-refractivity contribution < 1.29 is 9.32 Å². The molecule has 0 saturated heterocycles. The zero-order valence-electron chi connectivity index (χ0n) is 10.9. The normalized spacial score (nSPS) is 9.89. The fourth-order valence-electron chi connectivity index (χ4n) is 1.34. The Morgan fingerprint density at radius 3 is 2.72 bits per heavy atom. The molecule has 0 saturated carbocycles. The average molecular weight is 277 g/mol. The summed E-state index contributed by atoms with van der Waals surface area (Å²) in [7, 11) is 0. The molecule has 7 heteroatoms. The molecule has 0 aliphatic rings. The monoisotopic (exact) mass is 276 g/mol. The van der Waals surface area contributed by atoms with E-state index in [0.29, 0.717) is 31.1 Å². The summed E-state index contributed by atoms with van der Waals surface area (Å²) in [6.45, 7) is 6.31. The quantitative estimate of drug-likeness (QED) is 0.688. The molecule has 0 atom stereocenters. The van der Waals surface area contributed by atoms with Crippen LogP contribution in [-0.2, 0) is 11.2 Å². The summed E-state index contributed by atoms with van der Waals surface area (Å²) in [4.78, 5) is 15.5. The van der Waals surface area contributed by atoms with E-state index < -0.39 is 0 Å². The lowest BCUT2D eigenvalue weighted by Gasteiger charge is -2.04. The largest absolute Gasteiger partial charge is 0.355 e. The van der Waals surface area contributed by atoms with Crippen molar-refractivity contribution in [2.45, 2.75) is 33.1 Å². The summed E-state index contributed by atoms with van der Waals surface area (Å²) >= 11 is 0. The van der Waals surface area contributed by atoms with Gasteiger partial charge in [0.05, 0.1) is 0 Å². The smallest absolute Gasteiger partial charge is 0.227 e. The Labute approximate surface area is 113 Å². The maximum absolute atomic E-state index is 11.4. The molecule has 1 aromatic heterocycles. The standard InChI is InChI=1S/C11H20N4O2.ClH/c1-3-6-12-7-8-13-10(16)4-5-11-14-9(2)15-17-11;/h12H,3-8H2,1-2H3,(H,13,16);1H. The molecule has 1 rings (SSSR count). The third kappa shape index (κ3) is 7.24. The highest BCUT2D eigenvalue weighted by Crippen LogP contribution is 1.99. The summed E-state index contributed by atoms with van der Waals surface area (Å²) in [5.74, 6) is 1.13. The number of halogens is 1. The van der Waals surface area contributed by atoms with Crippen LogP contribution in [0, 0.1) is 6.92 Å². The van der Waals surface area contributed by atoms with Crippen molar-refractivity contribution in [3.63, 3.8) is 0 Å². The average Bonchev–Trinajstić information content (AvgIpc) is 2.72. The van der Waals surface area contributed by atoms with Crippen molar-refractivity contribution >= 4 is 18.3 Å². The van der Waals surface area contributed by atoms with Crippen LogP contribution in [0.4, 0.5) is 0 Å². The molecule has 0 spiro atoms. The van der Waals surface area contributed by atoms with Crippen LogP contribution in [0.2, 0.25) is 0 Å². The first-order chi connectivity index (χ1) is 8.22. The van der Waals surface area contributed by atoms with E-state index in [4.69, 9.17) is 4.52 Å². The van der Waals surface area contributed by atoms with Crippen molar-refractivity contribution in [3.05, 3.63) is 11.7 Å². The Morgan fingerprint density at radius 1 is 1.33 bits per heavy atom. The summed E-state index contributed by atoms with van der Waals surface area (Å²) < 4.78 is 4.92. The number of carbonyl (C=O) groups excluding carboxylic acids is 1. The minimum Gasteiger partial charge on any atom is -0.355 e. The lowest BCUT2D eigenvalue weighted by molar-refractivity contribution is -0.121. The summed E-state index contributed by atoms with van der Waals surface area (Å²) in [5.41, 5.74) is 0. The number of amides is 1. The second-order valence-corrected chi connectivity index (χ2v) is 3.84. The van der Waals surface area contributed by atoms with Gasteiger partial charge < -0.3 is 15.2 Å². The van der Waals surface area contributed by atoms with E-state index in [2.05, 4.69) is 27.7 Å². The SMILES string of the molecule is CCCNCCNC(=O)CCc1nc(C)no1.Cl. The summed E-state index contributed by atoms with van der Waals surface area (Å²) in [6.07, 6.45) is 1.98. The molecule has 0 aliphatic heterocycles. The van der Waals surface area contributed by atoms with Crippen LogP contribution in [0.15, 0.2) is 4.52 Å². The first-order valence-corrected chi connectivity index (χ1v) is 5.99. The molecule has 2 N–H and O–H groups in total. The number of hydrogen-bond acceptors (Lipinski definition) is 5. The Balaban J connectivity index is 0.00000289. The van der Waals surface area contributed by atoms with Crippen molar-refractivity contribution in [3.8, 4) is 0 Å². The lowest BCUT2D eigenvalue weighted by Crippen LogP contribution is -2.32. The molecule has 0 radical (unpaired) electrons. The van der Waals surface area contributed by atoms with Crippen molar-refractivity contribution in [2.75, 3.05) is 19.6 Å². The first kappa shape index (κ1) is 16.9. The van der Waals surface area contributed by atoms with Crippen LogP contribution < -0.4 is 10.6 Å². The maximum Gasteiger partial charge on any atom is 0.227 e. The van der Waals surface area contributed by atoms with Gasteiger partial charge in [-0.1, -0.05) is 12.1 Å². The van der Waals surface area contributed by atoms with E-state index in [-0.39, 0.29) is 18.3 Å². The lowest BCUT2D eigenvalue weighted by atomic mass is 10.3. The van der Waals surface area contributed by atoms with Gasteiger partial charge in [0.15, 0.2) is 5.82 Å². The molecule has 1 amide bonds. The number of nitrogens with one attached hydrogen (secondary N) is 2. The van der Waals surface area contributed by atoms with Gasteiger partial charge in [-0.25, -0.2) is 0 Å². The van der Waals surface area contributed by atoms with Crippen LogP contribution in [0.1, 0.15) is 31.5 Å². The van der Waals surface area contributed by atoms with Gasteiger partial charge in [-0.15, -0.1) is 12.4 Å². The zero-order valence-corrected chi connectivity index (χ0v) is 11.7. The molecule has 0 aromatic carbocycles. The molecule has 18 heavy (non-hydrogen) atoms. The van der Waals surface area contributed by atoms with E-state index in [9.17, 15) is 4.79 Å². The van der Waals surface area contributed by atoms with E-state index in [1.807, 2.05) is 0 Å². The first-order valence-electron chi connectivity index (χ1n) is 5.99. The third-order valence-electron chi connectivity index (χ3n) is 2.19. The number of hydrogen-bond donors (Lipinski definition) is 2. The minimum atomic E-state index is 0. The van der Waals surface area contributed by atoms with Gasteiger partial charge in [0.2, 0.25) is 11.8 Å². The minimum absolute atomic E-state index is 0. The number of rotatable bonds is 8. The molecule has 0 fully saturated rings. The molecule has 104 valence electrons.